The number of aliphatic hydroxyl groups is 4. The van der Waals surface area contributed by atoms with E-state index in [0.717, 1.165) is 18.7 Å². The van der Waals surface area contributed by atoms with E-state index in [1.165, 1.54) is 11.1 Å². The molecule has 6 nitrogen and oxygen atoms in total. The normalized spacial score (nSPS) is 30.4. The highest BCUT2D eigenvalue weighted by atomic mass is 35.5. The summed E-state index contributed by atoms with van der Waals surface area (Å²) in [6, 6.07) is 13.7. The predicted molar refractivity (Wildman–Crippen MR) is 104 cm³/mol. The number of ether oxygens (including phenoxy) is 1. The molecule has 0 bridgehead atoms. The molecule has 2 aliphatic heterocycles. The maximum Gasteiger partial charge on any atom is 0.113 e. The van der Waals surface area contributed by atoms with E-state index in [1.807, 2.05) is 18.2 Å². The number of benzene rings is 2. The summed E-state index contributed by atoms with van der Waals surface area (Å²) in [4.78, 5) is 2.28. The van der Waals surface area contributed by atoms with Crippen molar-refractivity contribution in [1.29, 1.82) is 0 Å². The zero-order chi connectivity index (χ0) is 19.8. The molecule has 1 saturated heterocycles. The van der Waals surface area contributed by atoms with Crippen LogP contribution in [0.1, 0.15) is 28.4 Å². The van der Waals surface area contributed by atoms with Crippen LogP contribution in [-0.2, 0) is 24.4 Å². The SMILES string of the molecule is OC[C@H]1O[C@@H](c2ccc(Cl)c(CN3Cc4ccccc4C3)c2)[C@H](O)[C@@H](O)[C@@H]1O. The molecule has 150 valence electrons. The Morgan fingerprint density at radius 2 is 1.64 bits per heavy atom. The second-order valence-electron chi connectivity index (χ2n) is 7.51. The number of halogens is 1. The minimum atomic E-state index is -1.40. The van der Waals surface area contributed by atoms with Gasteiger partial charge in [-0.3, -0.25) is 4.90 Å². The highest BCUT2D eigenvalue weighted by Gasteiger charge is 2.44. The molecular weight excluding hydrogens is 382 g/mol. The van der Waals surface area contributed by atoms with Crippen LogP contribution in [0, 0.1) is 0 Å². The molecule has 1 fully saturated rings. The van der Waals surface area contributed by atoms with Crippen LogP contribution >= 0.6 is 11.6 Å². The molecule has 4 N–H and O–H groups in total. The van der Waals surface area contributed by atoms with Gasteiger partial charge in [0.25, 0.3) is 0 Å². The second kappa shape index (κ2) is 8.08. The van der Waals surface area contributed by atoms with Gasteiger partial charge in [0.1, 0.15) is 30.5 Å². The van der Waals surface area contributed by atoms with Gasteiger partial charge in [0, 0.05) is 24.7 Å². The monoisotopic (exact) mass is 405 g/mol. The molecule has 0 unspecified atom stereocenters. The van der Waals surface area contributed by atoms with Crippen molar-refractivity contribution in [2.45, 2.75) is 50.2 Å². The van der Waals surface area contributed by atoms with Crippen LogP contribution in [0.5, 0.6) is 0 Å². The van der Waals surface area contributed by atoms with E-state index in [2.05, 4.69) is 17.0 Å². The Morgan fingerprint density at radius 3 is 2.29 bits per heavy atom. The van der Waals surface area contributed by atoms with Crippen LogP contribution in [-0.4, -0.2) is 56.3 Å². The zero-order valence-electron chi connectivity index (χ0n) is 15.3. The average molecular weight is 406 g/mol. The highest BCUT2D eigenvalue weighted by molar-refractivity contribution is 6.31. The van der Waals surface area contributed by atoms with Gasteiger partial charge in [-0.25, -0.2) is 0 Å². The third-order valence-electron chi connectivity index (χ3n) is 5.59. The number of hydrogen-bond donors (Lipinski definition) is 4. The first kappa shape index (κ1) is 19.8. The Hall–Kier alpha value is -1.51. The number of fused-ring (bicyclic) bond motifs is 1. The lowest BCUT2D eigenvalue weighted by Crippen LogP contribution is -2.55. The summed E-state index contributed by atoms with van der Waals surface area (Å²) in [7, 11) is 0. The van der Waals surface area contributed by atoms with Crippen LogP contribution in [0.2, 0.25) is 5.02 Å². The summed E-state index contributed by atoms with van der Waals surface area (Å²) in [6.45, 7) is 1.88. The molecule has 5 atom stereocenters. The first-order chi connectivity index (χ1) is 13.5. The van der Waals surface area contributed by atoms with Crippen molar-refractivity contribution < 1.29 is 25.2 Å². The fourth-order valence-electron chi connectivity index (χ4n) is 4.03. The van der Waals surface area contributed by atoms with Gasteiger partial charge in [0.15, 0.2) is 0 Å². The van der Waals surface area contributed by atoms with E-state index in [4.69, 9.17) is 16.3 Å². The summed E-state index contributed by atoms with van der Waals surface area (Å²) in [5, 5.41) is 40.4. The zero-order valence-corrected chi connectivity index (χ0v) is 16.0. The summed E-state index contributed by atoms with van der Waals surface area (Å²) >= 11 is 6.41. The van der Waals surface area contributed by atoms with E-state index in [1.54, 1.807) is 12.1 Å². The van der Waals surface area contributed by atoms with E-state index in [0.29, 0.717) is 17.1 Å². The molecule has 0 aromatic heterocycles. The number of hydrogen-bond acceptors (Lipinski definition) is 6. The van der Waals surface area contributed by atoms with Gasteiger partial charge in [-0.2, -0.15) is 0 Å². The van der Waals surface area contributed by atoms with Crippen molar-refractivity contribution in [3.8, 4) is 0 Å². The minimum absolute atomic E-state index is 0.450. The average Bonchev–Trinajstić information content (AvgIpc) is 3.11. The lowest BCUT2D eigenvalue weighted by molar-refractivity contribution is -0.231. The van der Waals surface area contributed by atoms with Gasteiger partial charge >= 0.3 is 0 Å². The van der Waals surface area contributed by atoms with Crippen molar-refractivity contribution >= 4 is 11.6 Å². The summed E-state index contributed by atoms with van der Waals surface area (Å²) < 4.78 is 5.67. The summed E-state index contributed by atoms with van der Waals surface area (Å²) in [5.74, 6) is 0. The maximum atomic E-state index is 10.4. The largest absolute Gasteiger partial charge is 0.394 e. The van der Waals surface area contributed by atoms with E-state index >= 15 is 0 Å². The van der Waals surface area contributed by atoms with Crippen LogP contribution < -0.4 is 0 Å². The van der Waals surface area contributed by atoms with Crippen molar-refractivity contribution in [2.75, 3.05) is 6.61 Å². The quantitative estimate of drug-likeness (QED) is 0.614. The maximum absolute atomic E-state index is 10.4. The molecule has 0 spiro atoms. The topological polar surface area (TPSA) is 93.4 Å². The Bertz CT molecular complexity index is 820. The van der Waals surface area contributed by atoms with Crippen LogP contribution in [0.4, 0.5) is 0 Å². The van der Waals surface area contributed by atoms with Crippen molar-refractivity contribution in [3.05, 3.63) is 69.7 Å². The Morgan fingerprint density at radius 1 is 0.964 bits per heavy atom. The fraction of sp³-hybridized carbons (Fsp3) is 0.429. The van der Waals surface area contributed by atoms with Crippen molar-refractivity contribution in [3.63, 3.8) is 0 Å². The van der Waals surface area contributed by atoms with Gasteiger partial charge in [-0.1, -0.05) is 48.0 Å². The molecule has 7 heteroatoms. The third-order valence-corrected chi connectivity index (χ3v) is 5.96. The summed E-state index contributed by atoms with van der Waals surface area (Å²) in [6.07, 6.45) is -5.87. The Labute approximate surface area is 168 Å². The lowest BCUT2D eigenvalue weighted by atomic mass is 9.90. The molecule has 2 heterocycles. The van der Waals surface area contributed by atoms with E-state index < -0.39 is 37.1 Å². The first-order valence-electron chi connectivity index (χ1n) is 9.36. The molecule has 28 heavy (non-hydrogen) atoms. The number of rotatable bonds is 4. The van der Waals surface area contributed by atoms with E-state index in [9.17, 15) is 20.4 Å². The van der Waals surface area contributed by atoms with E-state index in [-0.39, 0.29) is 0 Å². The smallest absolute Gasteiger partial charge is 0.113 e. The fourth-order valence-corrected chi connectivity index (χ4v) is 4.20. The molecule has 2 aliphatic rings. The highest BCUT2D eigenvalue weighted by Crippen LogP contribution is 2.35. The van der Waals surface area contributed by atoms with Gasteiger partial charge < -0.3 is 25.2 Å². The van der Waals surface area contributed by atoms with Crippen LogP contribution in [0.3, 0.4) is 0 Å². The molecule has 0 amide bonds. The van der Waals surface area contributed by atoms with Crippen molar-refractivity contribution in [2.24, 2.45) is 0 Å². The van der Waals surface area contributed by atoms with Gasteiger partial charge in [0.05, 0.1) is 6.61 Å². The summed E-state index contributed by atoms with van der Waals surface area (Å²) in [5.41, 5.74) is 4.16. The molecule has 0 saturated carbocycles. The first-order valence-corrected chi connectivity index (χ1v) is 9.73. The number of aliphatic hydroxyl groups excluding tert-OH is 4. The van der Waals surface area contributed by atoms with Crippen LogP contribution in [0.15, 0.2) is 42.5 Å². The molecular formula is C21H24ClNO5. The Kier molecular flexibility index (Phi) is 5.71. The second-order valence-corrected chi connectivity index (χ2v) is 7.92. The predicted octanol–water partition coefficient (Wildman–Crippen LogP) is 1.37. The third kappa shape index (κ3) is 3.69. The number of nitrogens with zero attached hydrogens (tertiary/aromatic N) is 1. The molecule has 2 aromatic rings. The van der Waals surface area contributed by atoms with Crippen molar-refractivity contribution in [1.82, 2.24) is 4.90 Å². The minimum Gasteiger partial charge on any atom is -0.394 e. The van der Waals surface area contributed by atoms with Gasteiger partial charge in [0.2, 0.25) is 0 Å². The van der Waals surface area contributed by atoms with Gasteiger partial charge in [-0.05, 0) is 28.3 Å². The molecule has 0 radical (unpaired) electrons. The standard InChI is InChI=1S/C21H24ClNO5/c22-16-6-5-12(21-20(27)19(26)18(25)17(11-24)28-21)7-15(16)10-23-8-13-3-1-2-4-14(13)9-23/h1-7,17-21,24-27H,8-11H2/t17-,18-,19+,20-,21+/m1/s1. The molecule has 0 aliphatic carbocycles. The molecule has 2 aromatic carbocycles. The lowest BCUT2D eigenvalue weighted by Gasteiger charge is -2.40. The van der Waals surface area contributed by atoms with Gasteiger partial charge in [-0.15, -0.1) is 0 Å². The molecule has 4 rings (SSSR count). The Balaban J connectivity index is 1.54. The van der Waals surface area contributed by atoms with Crippen LogP contribution in [0.25, 0.3) is 0 Å².